The van der Waals surface area contributed by atoms with E-state index < -0.39 is 38.3 Å². The number of hydrogen-bond acceptors (Lipinski definition) is 3. The molecule has 0 aliphatic heterocycles. The van der Waals surface area contributed by atoms with Crippen LogP contribution in [-0.4, -0.2) is 20.9 Å². The van der Waals surface area contributed by atoms with Crippen molar-refractivity contribution in [3.05, 3.63) is 59.4 Å². The maximum atomic E-state index is 13.7. The maximum Gasteiger partial charge on any atom is 0.264 e. The minimum absolute atomic E-state index is 0.0251. The Bertz CT molecular complexity index is 886. The molecule has 0 bridgehead atoms. The zero-order valence-corrected chi connectivity index (χ0v) is 13.3. The van der Waals surface area contributed by atoms with Gasteiger partial charge in [0.05, 0.1) is 0 Å². The quantitative estimate of drug-likeness (QED) is 0.807. The van der Waals surface area contributed by atoms with Crippen molar-refractivity contribution in [2.24, 2.45) is 0 Å². The average molecular weight is 358 g/mol. The molecule has 5 nitrogen and oxygen atoms in total. The van der Waals surface area contributed by atoms with Crippen molar-refractivity contribution in [2.75, 3.05) is 11.3 Å². The van der Waals surface area contributed by atoms with Gasteiger partial charge in [0.1, 0.15) is 4.90 Å². The van der Waals surface area contributed by atoms with Crippen LogP contribution in [0, 0.1) is 17.5 Å². The topological polar surface area (TPSA) is 75.3 Å². The smallest absolute Gasteiger partial charge is 0.264 e. The minimum atomic E-state index is -4.50. The largest absolute Gasteiger partial charge is 0.352 e. The molecule has 128 valence electrons. The van der Waals surface area contributed by atoms with Gasteiger partial charge < -0.3 is 5.32 Å². The Morgan fingerprint density at radius 3 is 2.46 bits per heavy atom. The molecule has 0 aliphatic rings. The van der Waals surface area contributed by atoms with Gasteiger partial charge in [-0.15, -0.1) is 0 Å². The van der Waals surface area contributed by atoms with Crippen molar-refractivity contribution in [1.29, 1.82) is 0 Å². The molecule has 0 radical (unpaired) electrons. The summed E-state index contributed by atoms with van der Waals surface area (Å²) in [6.07, 6.45) is 0. The summed E-state index contributed by atoms with van der Waals surface area (Å²) in [4.78, 5) is 10.7. The van der Waals surface area contributed by atoms with E-state index >= 15 is 0 Å². The maximum absolute atomic E-state index is 13.7. The van der Waals surface area contributed by atoms with Gasteiger partial charge in [-0.05, 0) is 37.3 Å². The van der Waals surface area contributed by atoms with Crippen LogP contribution in [0.3, 0.4) is 0 Å². The second-order valence-electron chi connectivity index (χ2n) is 4.72. The van der Waals surface area contributed by atoms with Crippen molar-refractivity contribution in [1.82, 2.24) is 5.32 Å². The van der Waals surface area contributed by atoms with Gasteiger partial charge in [-0.2, -0.15) is 0 Å². The normalized spacial score (nSPS) is 11.2. The Kier molecular flexibility index (Phi) is 5.13. The fourth-order valence-corrected chi connectivity index (χ4v) is 3.03. The highest BCUT2D eigenvalue weighted by atomic mass is 32.2. The van der Waals surface area contributed by atoms with E-state index in [4.69, 9.17) is 0 Å². The highest BCUT2D eigenvalue weighted by molar-refractivity contribution is 7.92. The first-order valence-corrected chi connectivity index (χ1v) is 8.29. The third kappa shape index (κ3) is 3.67. The molecule has 0 atom stereocenters. The van der Waals surface area contributed by atoms with Crippen molar-refractivity contribution in [2.45, 2.75) is 11.8 Å². The molecule has 2 rings (SSSR count). The van der Waals surface area contributed by atoms with Crippen LogP contribution < -0.4 is 10.0 Å². The van der Waals surface area contributed by atoms with E-state index in [1.54, 1.807) is 6.92 Å². The van der Waals surface area contributed by atoms with Crippen molar-refractivity contribution in [3.8, 4) is 0 Å². The number of hydrogen-bond donors (Lipinski definition) is 2. The number of benzene rings is 2. The van der Waals surface area contributed by atoms with Crippen LogP contribution in [0.25, 0.3) is 0 Å². The summed E-state index contributed by atoms with van der Waals surface area (Å²) in [5.74, 6) is -5.61. The van der Waals surface area contributed by atoms with Gasteiger partial charge in [-0.1, -0.05) is 6.07 Å². The zero-order valence-electron chi connectivity index (χ0n) is 12.4. The first kappa shape index (κ1) is 17.8. The van der Waals surface area contributed by atoms with E-state index in [9.17, 15) is 26.4 Å². The second-order valence-corrected chi connectivity index (χ2v) is 6.37. The van der Waals surface area contributed by atoms with E-state index in [1.165, 1.54) is 24.3 Å². The average Bonchev–Trinajstić information content (AvgIpc) is 2.52. The Morgan fingerprint density at radius 2 is 1.79 bits per heavy atom. The highest BCUT2D eigenvalue weighted by Gasteiger charge is 2.24. The number of sulfonamides is 1. The van der Waals surface area contributed by atoms with Crippen LogP contribution in [-0.2, 0) is 10.0 Å². The molecule has 2 aromatic rings. The number of amides is 1. The highest BCUT2D eigenvalue weighted by Crippen LogP contribution is 2.22. The van der Waals surface area contributed by atoms with E-state index in [0.717, 1.165) is 0 Å². The SMILES string of the molecule is CCNC(=O)c1cccc(NS(=O)(=O)c2ccc(F)c(F)c2F)c1. The summed E-state index contributed by atoms with van der Waals surface area (Å²) in [6.45, 7) is 2.10. The predicted octanol–water partition coefficient (Wildman–Crippen LogP) is 2.65. The standard InChI is InChI=1S/C15H13F3N2O3S/c1-2-19-15(21)9-4-3-5-10(8-9)20-24(22,23)12-7-6-11(16)13(17)14(12)18/h3-8,20H,2H2,1H3,(H,19,21). The van der Waals surface area contributed by atoms with Gasteiger partial charge in [-0.3, -0.25) is 9.52 Å². The summed E-state index contributed by atoms with van der Waals surface area (Å²) in [7, 11) is -4.50. The van der Waals surface area contributed by atoms with Crippen LogP contribution in [0.15, 0.2) is 41.3 Å². The predicted molar refractivity (Wildman–Crippen MR) is 81.6 cm³/mol. The number of halogens is 3. The molecule has 0 aromatic heterocycles. The molecular formula is C15H13F3N2O3S. The summed E-state index contributed by atoms with van der Waals surface area (Å²) in [6, 6.07) is 6.57. The lowest BCUT2D eigenvalue weighted by Crippen LogP contribution is -2.23. The molecule has 9 heteroatoms. The van der Waals surface area contributed by atoms with Gasteiger partial charge >= 0.3 is 0 Å². The van der Waals surface area contributed by atoms with Gasteiger partial charge in [0.2, 0.25) is 0 Å². The Hall–Kier alpha value is -2.55. The number of nitrogens with one attached hydrogen (secondary N) is 2. The number of rotatable bonds is 5. The van der Waals surface area contributed by atoms with Crippen LogP contribution in [0.5, 0.6) is 0 Å². The molecule has 0 unspecified atom stereocenters. The first-order valence-electron chi connectivity index (χ1n) is 6.81. The van der Waals surface area contributed by atoms with E-state index in [0.29, 0.717) is 18.7 Å². The molecule has 0 spiro atoms. The van der Waals surface area contributed by atoms with Crippen LogP contribution in [0.2, 0.25) is 0 Å². The Balaban J connectivity index is 2.35. The van der Waals surface area contributed by atoms with Gasteiger partial charge in [0, 0.05) is 17.8 Å². The van der Waals surface area contributed by atoms with Gasteiger partial charge in [-0.25, -0.2) is 21.6 Å². The van der Waals surface area contributed by atoms with E-state index in [1.807, 2.05) is 4.72 Å². The molecule has 1 amide bonds. The van der Waals surface area contributed by atoms with Crippen molar-refractivity contribution < 1.29 is 26.4 Å². The van der Waals surface area contributed by atoms with Crippen LogP contribution in [0.1, 0.15) is 17.3 Å². The van der Waals surface area contributed by atoms with Crippen LogP contribution in [0.4, 0.5) is 18.9 Å². The summed E-state index contributed by atoms with van der Waals surface area (Å²) >= 11 is 0. The first-order chi connectivity index (χ1) is 11.3. The second kappa shape index (κ2) is 6.91. The summed E-state index contributed by atoms with van der Waals surface area (Å²) in [5.41, 5.74) is 0.158. The van der Waals surface area contributed by atoms with Gasteiger partial charge in [0.15, 0.2) is 17.5 Å². The summed E-state index contributed by atoms with van der Waals surface area (Å²) in [5, 5.41) is 2.54. The lowest BCUT2D eigenvalue weighted by molar-refractivity contribution is 0.0956. The lowest BCUT2D eigenvalue weighted by atomic mass is 10.2. The lowest BCUT2D eigenvalue weighted by Gasteiger charge is -2.10. The Morgan fingerprint density at radius 1 is 1.08 bits per heavy atom. The number of carbonyl (C=O) groups is 1. The molecule has 0 saturated carbocycles. The van der Waals surface area contributed by atoms with Crippen LogP contribution >= 0.6 is 0 Å². The molecule has 0 saturated heterocycles. The molecule has 0 fully saturated rings. The monoisotopic (exact) mass is 358 g/mol. The third-order valence-corrected chi connectivity index (χ3v) is 4.40. The third-order valence-electron chi connectivity index (χ3n) is 3.00. The molecule has 2 N–H and O–H groups in total. The van der Waals surface area contributed by atoms with Crippen molar-refractivity contribution >= 4 is 21.6 Å². The van der Waals surface area contributed by atoms with Crippen molar-refractivity contribution in [3.63, 3.8) is 0 Å². The Labute approximate surface area is 136 Å². The molecular weight excluding hydrogens is 345 g/mol. The molecule has 0 aliphatic carbocycles. The summed E-state index contributed by atoms with van der Waals surface area (Å²) < 4.78 is 66.1. The van der Waals surface area contributed by atoms with E-state index in [2.05, 4.69) is 5.32 Å². The fourth-order valence-electron chi connectivity index (χ4n) is 1.91. The molecule has 2 aromatic carbocycles. The zero-order chi connectivity index (χ0) is 17.9. The van der Waals surface area contributed by atoms with Gasteiger partial charge in [0.25, 0.3) is 15.9 Å². The fraction of sp³-hybridized carbons (Fsp3) is 0.133. The number of anilines is 1. The van der Waals surface area contributed by atoms with E-state index in [-0.39, 0.29) is 11.3 Å². The minimum Gasteiger partial charge on any atom is -0.352 e. The molecule has 0 heterocycles. The number of carbonyl (C=O) groups excluding carboxylic acids is 1. The molecule has 24 heavy (non-hydrogen) atoms.